The Bertz CT molecular complexity index is 902. The Morgan fingerprint density at radius 1 is 1.11 bits per heavy atom. The number of carbonyl (C=O) groups is 2. The van der Waals surface area contributed by atoms with Crippen LogP contribution in [-0.4, -0.2) is 52.8 Å². The molecule has 28 heavy (non-hydrogen) atoms. The van der Waals surface area contributed by atoms with Crippen LogP contribution in [0.5, 0.6) is 0 Å². The maximum absolute atomic E-state index is 13.2. The van der Waals surface area contributed by atoms with Crippen molar-refractivity contribution in [1.29, 1.82) is 0 Å². The van der Waals surface area contributed by atoms with Gasteiger partial charge in [0.05, 0.1) is 11.6 Å². The highest BCUT2D eigenvalue weighted by atomic mass is 32.1. The second-order valence-electron chi connectivity index (χ2n) is 7.06. The van der Waals surface area contributed by atoms with Gasteiger partial charge in [-0.25, -0.2) is 4.39 Å². The quantitative estimate of drug-likeness (QED) is 0.475. The number of ketones is 1. The molecule has 2 aliphatic rings. The lowest BCUT2D eigenvalue weighted by atomic mass is 10.00. The van der Waals surface area contributed by atoms with Crippen LogP contribution in [0.15, 0.2) is 47.4 Å². The van der Waals surface area contributed by atoms with Gasteiger partial charge in [0.2, 0.25) is 0 Å². The number of benzene rings is 1. The van der Waals surface area contributed by atoms with E-state index in [2.05, 4.69) is 4.90 Å². The molecule has 7 heteroatoms. The summed E-state index contributed by atoms with van der Waals surface area (Å²) in [5, 5.41) is 12.7. The third-order valence-electron chi connectivity index (χ3n) is 5.33. The maximum atomic E-state index is 13.2. The molecule has 0 saturated carbocycles. The fraction of sp³-hybridized carbons (Fsp3) is 0.333. The Kier molecular flexibility index (Phi) is 5.28. The molecule has 0 spiro atoms. The first kappa shape index (κ1) is 18.8. The zero-order chi connectivity index (χ0) is 19.7. The third-order valence-corrected chi connectivity index (χ3v) is 6.25. The Hall–Kier alpha value is -2.51. The number of likely N-dealkylation sites (tertiary alicyclic amines) is 2. The van der Waals surface area contributed by atoms with Crippen LogP contribution in [-0.2, 0) is 9.59 Å². The van der Waals surface area contributed by atoms with Crippen LogP contribution in [0.2, 0.25) is 0 Å². The van der Waals surface area contributed by atoms with E-state index in [9.17, 15) is 19.1 Å². The molecule has 2 saturated heterocycles. The van der Waals surface area contributed by atoms with Crippen molar-refractivity contribution in [3.8, 4) is 0 Å². The highest BCUT2D eigenvalue weighted by molar-refractivity contribution is 7.10. The van der Waals surface area contributed by atoms with Gasteiger partial charge in [0, 0.05) is 23.5 Å². The monoisotopic (exact) mass is 400 g/mol. The van der Waals surface area contributed by atoms with Gasteiger partial charge in [0.1, 0.15) is 11.6 Å². The highest BCUT2D eigenvalue weighted by Crippen LogP contribution is 2.40. The Morgan fingerprint density at radius 2 is 1.82 bits per heavy atom. The summed E-state index contributed by atoms with van der Waals surface area (Å²) in [6.45, 7) is 3.13. The third kappa shape index (κ3) is 3.47. The molecule has 146 valence electrons. The molecule has 2 aromatic rings. The molecule has 5 nitrogen and oxygen atoms in total. The van der Waals surface area contributed by atoms with Crippen molar-refractivity contribution >= 4 is 28.8 Å². The summed E-state index contributed by atoms with van der Waals surface area (Å²) in [5.41, 5.74) is 0.390. The molecule has 0 bridgehead atoms. The van der Waals surface area contributed by atoms with Gasteiger partial charge in [-0.2, -0.15) is 0 Å². The smallest absolute Gasteiger partial charge is 0.295 e. The second kappa shape index (κ2) is 7.85. The summed E-state index contributed by atoms with van der Waals surface area (Å²) in [7, 11) is 0. The summed E-state index contributed by atoms with van der Waals surface area (Å²) in [5.74, 6) is -1.99. The highest BCUT2D eigenvalue weighted by Gasteiger charge is 2.46. The van der Waals surface area contributed by atoms with E-state index in [1.165, 1.54) is 35.6 Å². The van der Waals surface area contributed by atoms with E-state index in [-0.39, 0.29) is 11.3 Å². The molecule has 1 aromatic heterocycles. The van der Waals surface area contributed by atoms with Gasteiger partial charge in [-0.05, 0) is 61.6 Å². The Balaban J connectivity index is 1.71. The predicted molar refractivity (Wildman–Crippen MR) is 105 cm³/mol. The summed E-state index contributed by atoms with van der Waals surface area (Å²) >= 11 is 1.44. The molecule has 3 heterocycles. The Labute approximate surface area is 166 Å². The van der Waals surface area contributed by atoms with Gasteiger partial charge >= 0.3 is 0 Å². The first-order chi connectivity index (χ1) is 13.6. The van der Waals surface area contributed by atoms with Crippen LogP contribution in [0.1, 0.15) is 29.3 Å². The van der Waals surface area contributed by atoms with Crippen LogP contribution in [0, 0.1) is 5.82 Å². The summed E-state index contributed by atoms with van der Waals surface area (Å²) in [6, 6.07) is 8.37. The van der Waals surface area contributed by atoms with E-state index < -0.39 is 23.5 Å². The number of thiophene rings is 1. The van der Waals surface area contributed by atoms with E-state index in [0.717, 1.165) is 30.8 Å². The van der Waals surface area contributed by atoms with Crippen molar-refractivity contribution in [1.82, 2.24) is 9.80 Å². The Morgan fingerprint density at radius 3 is 2.46 bits per heavy atom. The van der Waals surface area contributed by atoms with Crippen LogP contribution >= 0.6 is 11.3 Å². The minimum Gasteiger partial charge on any atom is -0.507 e. The van der Waals surface area contributed by atoms with Crippen molar-refractivity contribution < 1.29 is 19.1 Å². The molecule has 4 rings (SSSR count). The van der Waals surface area contributed by atoms with Gasteiger partial charge in [0.15, 0.2) is 0 Å². The van der Waals surface area contributed by atoms with Crippen molar-refractivity contribution in [2.45, 2.75) is 18.9 Å². The van der Waals surface area contributed by atoms with E-state index in [0.29, 0.717) is 18.7 Å². The summed E-state index contributed by atoms with van der Waals surface area (Å²) < 4.78 is 13.2. The zero-order valence-electron chi connectivity index (χ0n) is 15.3. The van der Waals surface area contributed by atoms with Crippen LogP contribution in [0.4, 0.5) is 4.39 Å². The van der Waals surface area contributed by atoms with E-state index >= 15 is 0 Å². The molecule has 2 fully saturated rings. The molecule has 2 aliphatic heterocycles. The lowest BCUT2D eigenvalue weighted by Crippen LogP contribution is -2.36. The molecule has 1 amide bonds. The van der Waals surface area contributed by atoms with E-state index in [1.54, 1.807) is 4.90 Å². The van der Waals surface area contributed by atoms with Crippen LogP contribution in [0.3, 0.4) is 0 Å². The number of Topliss-reactive ketones (excluding diaryl/α,β-unsaturated/α-hetero) is 1. The average molecular weight is 400 g/mol. The zero-order valence-corrected chi connectivity index (χ0v) is 16.1. The van der Waals surface area contributed by atoms with Crippen molar-refractivity contribution in [2.24, 2.45) is 0 Å². The fourth-order valence-electron chi connectivity index (χ4n) is 3.87. The molecule has 1 unspecified atom stereocenters. The molecular weight excluding hydrogens is 379 g/mol. The lowest BCUT2D eigenvalue weighted by molar-refractivity contribution is -0.140. The normalized spacial score (nSPS) is 22.3. The number of rotatable bonds is 5. The van der Waals surface area contributed by atoms with Gasteiger partial charge in [-0.15, -0.1) is 11.3 Å². The molecule has 1 atom stereocenters. The average Bonchev–Trinajstić information content (AvgIpc) is 3.43. The SMILES string of the molecule is O=C1C(=O)N(CCN2CCCC2)C(c2cccs2)/C1=C(\O)c1ccc(F)cc1. The predicted octanol–water partition coefficient (Wildman–Crippen LogP) is 3.40. The largest absolute Gasteiger partial charge is 0.507 e. The second-order valence-corrected chi connectivity index (χ2v) is 8.04. The van der Waals surface area contributed by atoms with Crippen molar-refractivity contribution in [3.63, 3.8) is 0 Å². The number of hydrogen-bond donors (Lipinski definition) is 1. The number of halogens is 1. The standard InChI is InChI=1S/C21H21FN2O3S/c22-15-7-5-14(6-8-15)19(25)17-18(16-4-3-13-28-16)24(21(27)20(17)26)12-11-23-9-1-2-10-23/h3-8,13,18,25H,1-2,9-12H2/b19-17+. The van der Waals surface area contributed by atoms with Gasteiger partial charge < -0.3 is 14.9 Å². The summed E-state index contributed by atoms with van der Waals surface area (Å²) in [6.07, 6.45) is 2.30. The number of amides is 1. The molecule has 1 aromatic carbocycles. The minimum atomic E-state index is -0.693. The number of aliphatic hydroxyl groups is 1. The van der Waals surface area contributed by atoms with Gasteiger partial charge in [0.25, 0.3) is 11.7 Å². The molecular formula is C21H21FN2O3S. The number of hydrogen-bond acceptors (Lipinski definition) is 5. The number of carbonyl (C=O) groups excluding carboxylic acids is 2. The first-order valence-corrected chi connectivity index (χ1v) is 10.2. The molecule has 1 N–H and O–H groups in total. The van der Waals surface area contributed by atoms with Crippen LogP contribution < -0.4 is 0 Å². The van der Waals surface area contributed by atoms with Crippen molar-refractivity contribution in [3.05, 3.63) is 63.6 Å². The van der Waals surface area contributed by atoms with Gasteiger partial charge in [-0.3, -0.25) is 9.59 Å². The lowest BCUT2D eigenvalue weighted by Gasteiger charge is -2.26. The van der Waals surface area contributed by atoms with Crippen molar-refractivity contribution in [2.75, 3.05) is 26.2 Å². The number of nitrogens with zero attached hydrogens (tertiary/aromatic N) is 2. The van der Waals surface area contributed by atoms with E-state index in [1.807, 2.05) is 17.5 Å². The fourth-order valence-corrected chi connectivity index (χ4v) is 4.72. The van der Waals surface area contributed by atoms with Gasteiger partial charge in [-0.1, -0.05) is 6.07 Å². The minimum absolute atomic E-state index is 0.0699. The maximum Gasteiger partial charge on any atom is 0.295 e. The molecule has 0 aliphatic carbocycles. The van der Waals surface area contributed by atoms with Crippen LogP contribution in [0.25, 0.3) is 5.76 Å². The van der Waals surface area contributed by atoms with E-state index in [4.69, 9.17) is 0 Å². The topological polar surface area (TPSA) is 60.9 Å². The molecule has 0 radical (unpaired) electrons. The number of aliphatic hydroxyl groups excluding tert-OH is 1. The first-order valence-electron chi connectivity index (χ1n) is 9.36. The summed E-state index contributed by atoms with van der Waals surface area (Å²) in [4.78, 5) is 30.2.